The first-order valence-corrected chi connectivity index (χ1v) is 8.24. The zero-order valence-corrected chi connectivity index (χ0v) is 12.9. The molecule has 7 unspecified atom stereocenters. The van der Waals surface area contributed by atoms with Crippen LogP contribution in [0.3, 0.4) is 0 Å². The molecule has 0 aromatic heterocycles. The van der Waals surface area contributed by atoms with Crippen molar-refractivity contribution in [3.8, 4) is 0 Å². The van der Waals surface area contributed by atoms with Gasteiger partial charge in [-0.3, -0.25) is 4.79 Å². The molecule has 3 fully saturated rings. The second kappa shape index (κ2) is 4.97. The predicted octanol–water partition coefficient (Wildman–Crippen LogP) is 2.70. The van der Waals surface area contributed by atoms with Gasteiger partial charge in [0.2, 0.25) is 6.79 Å². The van der Waals surface area contributed by atoms with Crippen molar-refractivity contribution in [3.05, 3.63) is 24.3 Å². The third kappa shape index (κ3) is 1.96. The van der Waals surface area contributed by atoms with E-state index < -0.39 is 5.97 Å². The van der Waals surface area contributed by atoms with Crippen molar-refractivity contribution >= 4 is 11.9 Å². The van der Waals surface area contributed by atoms with Crippen molar-refractivity contribution in [3.63, 3.8) is 0 Å². The molecule has 0 amide bonds. The molecule has 4 aliphatic carbocycles. The molecule has 0 aromatic carbocycles. The van der Waals surface area contributed by atoms with E-state index in [1.165, 1.54) is 12.8 Å². The second-order valence-corrected chi connectivity index (χ2v) is 7.40. The number of rotatable bonds is 4. The largest absolute Gasteiger partial charge is 0.428 e. The van der Waals surface area contributed by atoms with E-state index in [-0.39, 0.29) is 18.7 Å². The fraction of sp³-hybridized carbons (Fsp3) is 0.667. The first-order valence-electron chi connectivity index (χ1n) is 8.24. The maximum Gasteiger partial charge on any atom is 0.335 e. The molecule has 0 saturated heterocycles. The van der Waals surface area contributed by atoms with Crippen LogP contribution in [0.5, 0.6) is 0 Å². The molecule has 0 aromatic rings. The van der Waals surface area contributed by atoms with Crippen molar-refractivity contribution in [1.82, 2.24) is 0 Å². The Morgan fingerprint density at radius 1 is 1.09 bits per heavy atom. The van der Waals surface area contributed by atoms with Gasteiger partial charge in [-0.15, -0.1) is 0 Å². The van der Waals surface area contributed by atoms with Gasteiger partial charge < -0.3 is 9.47 Å². The number of carbonyl (C=O) groups excluding carboxylic acids is 2. The van der Waals surface area contributed by atoms with E-state index in [4.69, 9.17) is 9.47 Å². The molecule has 4 bridgehead atoms. The Morgan fingerprint density at radius 2 is 1.82 bits per heavy atom. The molecule has 4 nitrogen and oxygen atoms in total. The van der Waals surface area contributed by atoms with Crippen LogP contribution in [-0.2, 0) is 19.1 Å². The third-order valence-corrected chi connectivity index (χ3v) is 6.31. The van der Waals surface area contributed by atoms with Gasteiger partial charge in [-0.05, 0) is 61.7 Å². The van der Waals surface area contributed by atoms with Crippen LogP contribution in [0.1, 0.15) is 26.2 Å². The van der Waals surface area contributed by atoms with Gasteiger partial charge in [0.25, 0.3) is 0 Å². The summed E-state index contributed by atoms with van der Waals surface area (Å²) < 4.78 is 10.0. The number of fused-ring (bicyclic) bond motifs is 9. The zero-order chi connectivity index (χ0) is 15.4. The first kappa shape index (κ1) is 14.0. The van der Waals surface area contributed by atoms with Gasteiger partial charge >= 0.3 is 11.9 Å². The molecule has 0 N–H and O–H groups in total. The lowest BCUT2D eigenvalue weighted by Gasteiger charge is -2.35. The minimum atomic E-state index is -0.515. The summed E-state index contributed by atoms with van der Waals surface area (Å²) >= 11 is 0. The van der Waals surface area contributed by atoms with Crippen molar-refractivity contribution in [2.24, 2.45) is 41.4 Å². The highest BCUT2D eigenvalue weighted by Gasteiger charge is 2.62. The van der Waals surface area contributed by atoms with E-state index in [1.54, 1.807) is 6.92 Å². The molecule has 0 heterocycles. The standard InChI is InChI=1S/C18H22O4/c1-9(2)17(19)21-8-22-18(20)14-7-12-6-13(14)16-11-4-3-10(5-11)15(12)16/h3-4,10-16H,1,5-8H2,2H3. The van der Waals surface area contributed by atoms with Crippen LogP contribution in [-0.4, -0.2) is 18.7 Å². The summed E-state index contributed by atoms with van der Waals surface area (Å²) in [5.41, 5.74) is 0.313. The van der Waals surface area contributed by atoms with Crippen LogP contribution in [0.25, 0.3) is 0 Å². The molecule has 7 atom stereocenters. The summed E-state index contributed by atoms with van der Waals surface area (Å²) in [6.07, 6.45) is 8.19. The maximum absolute atomic E-state index is 12.3. The molecule has 118 valence electrons. The van der Waals surface area contributed by atoms with E-state index in [1.807, 2.05) is 0 Å². The van der Waals surface area contributed by atoms with E-state index in [0.29, 0.717) is 29.2 Å². The lowest BCUT2D eigenvalue weighted by Crippen LogP contribution is -2.35. The Morgan fingerprint density at radius 3 is 2.55 bits per heavy atom. The smallest absolute Gasteiger partial charge is 0.335 e. The highest BCUT2D eigenvalue weighted by atomic mass is 16.7. The van der Waals surface area contributed by atoms with Gasteiger partial charge in [-0.25, -0.2) is 4.79 Å². The average molecular weight is 302 g/mol. The molecule has 4 heteroatoms. The minimum Gasteiger partial charge on any atom is -0.428 e. The molecular weight excluding hydrogens is 280 g/mol. The van der Waals surface area contributed by atoms with Crippen LogP contribution in [0.2, 0.25) is 0 Å². The SMILES string of the molecule is C=C(C)C(=O)OCOC(=O)C1CC2CC1C1C3C=CC(C3)C21. The van der Waals surface area contributed by atoms with Gasteiger partial charge in [0, 0.05) is 5.57 Å². The quantitative estimate of drug-likeness (QED) is 0.263. The Hall–Kier alpha value is -1.58. The van der Waals surface area contributed by atoms with Gasteiger partial charge in [0.15, 0.2) is 0 Å². The van der Waals surface area contributed by atoms with Crippen molar-refractivity contribution in [2.45, 2.75) is 26.2 Å². The van der Waals surface area contributed by atoms with Crippen LogP contribution in [0, 0.1) is 41.4 Å². The number of ether oxygens (including phenoxy) is 2. The molecule has 22 heavy (non-hydrogen) atoms. The van der Waals surface area contributed by atoms with Gasteiger partial charge in [0.1, 0.15) is 0 Å². The Kier molecular flexibility index (Phi) is 3.17. The van der Waals surface area contributed by atoms with Crippen LogP contribution in [0.4, 0.5) is 0 Å². The van der Waals surface area contributed by atoms with Crippen molar-refractivity contribution < 1.29 is 19.1 Å². The fourth-order valence-electron chi connectivity index (χ4n) is 5.66. The van der Waals surface area contributed by atoms with Crippen molar-refractivity contribution in [2.75, 3.05) is 6.79 Å². The number of esters is 2. The van der Waals surface area contributed by atoms with Crippen molar-refractivity contribution in [1.29, 1.82) is 0 Å². The molecule has 0 radical (unpaired) electrons. The lowest BCUT2D eigenvalue weighted by atomic mass is 9.69. The summed E-state index contributed by atoms with van der Waals surface area (Å²) in [4.78, 5) is 23.6. The molecule has 0 spiro atoms. The topological polar surface area (TPSA) is 52.6 Å². The number of hydrogen-bond donors (Lipinski definition) is 0. The van der Waals surface area contributed by atoms with E-state index in [9.17, 15) is 9.59 Å². The van der Waals surface area contributed by atoms with E-state index in [0.717, 1.165) is 18.3 Å². The highest BCUT2D eigenvalue weighted by molar-refractivity contribution is 5.87. The van der Waals surface area contributed by atoms with Gasteiger partial charge in [0.05, 0.1) is 5.92 Å². The molecule has 3 saturated carbocycles. The summed E-state index contributed by atoms with van der Waals surface area (Å²) in [6, 6.07) is 0. The fourth-order valence-corrected chi connectivity index (χ4v) is 5.66. The number of carbonyl (C=O) groups is 2. The third-order valence-electron chi connectivity index (χ3n) is 6.31. The zero-order valence-electron chi connectivity index (χ0n) is 12.9. The predicted molar refractivity (Wildman–Crippen MR) is 79.3 cm³/mol. The summed E-state index contributed by atoms with van der Waals surface area (Å²) in [5.74, 6) is 3.40. The highest BCUT2D eigenvalue weighted by Crippen LogP contribution is 2.67. The second-order valence-electron chi connectivity index (χ2n) is 7.40. The summed E-state index contributed by atoms with van der Waals surface area (Å²) in [7, 11) is 0. The Bertz CT molecular complexity index is 563. The molecule has 0 aliphatic heterocycles. The van der Waals surface area contributed by atoms with Crippen LogP contribution < -0.4 is 0 Å². The van der Waals surface area contributed by atoms with Crippen LogP contribution in [0.15, 0.2) is 24.3 Å². The summed E-state index contributed by atoms with van der Waals surface area (Å²) in [6.45, 7) is 4.78. The number of allylic oxidation sites excluding steroid dienone is 2. The molecule has 4 rings (SSSR count). The molecular formula is C18H22O4. The number of hydrogen-bond acceptors (Lipinski definition) is 4. The Labute approximate surface area is 130 Å². The lowest BCUT2D eigenvalue weighted by molar-refractivity contribution is -0.170. The normalized spacial score (nSPS) is 43.2. The average Bonchev–Trinajstić information content (AvgIpc) is 3.24. The monoisotopic (exact) mass is 302 g/mol. The van der Waals surface area contributed by atoms with E-state index >= 15 is 0 Å². The molecule has 4 aliphatic rings. The maximum atomic E-state index is 12.3. The van der Waals surface area contributed by atoms with Gasteiger partial charge in [-0.2, -0.15) is 0 Å². The van der Waals surface area contributed by atoms with E-state index in [2.05, 4.69) is 18.7 Å². The first-order chi connectivity index (χ1) is 10.6. The Balaban J connectivity index is 1.35. The van der Waals surface area contributed by atoms with Crippen LogP contribution >= 0.6 is 0 Å². The summed E-state index contributed by atoms with van der Waals surface area (Å²) in [5, 5.41) is 0. The minimum absolute atomic E-state index is 0.00234. The van der Waals surface area contributed by atoms with Gasteiger partial charge in [-0.1, -0.05) is 18.7 Å².